The molecule has 2 rings (SSSR count). The fraction of sp³-hybridized carbons (Fsp3) is 0.0769. The summed E-state index contributed by atoms with van der Waals surface area (Å²) < 4.78 is 40.1. The lowest BCUT2D eigenvalue weighted by atomic mass is 10.2. The van der Waals surface area contributed by atoms with Crippen LogP contribution in [0.5, 0.6) is 0 Å². The predicted molar refractivity (Wildman–Crippen MR) is 80.1 cm³/mol. The van der Waals surface area contributed by atoms with Gasteiger partial charge in [-0.3, -0.25) is 14.8 Å². The number of halogens is 2. The lowest BCUT2D eigenvalue weighted by molar-refractivity contribution is -0.385. The van der Waals surface area contributed by atoms with Gasteiger partial charge in [-0.1, -0.05) is 17.7 Å². The molecule has 0 atom stereocenters. The van der Waals surface area contributed by atoms with Crippen LogP contribution in [0.25, 0.3) is 0 Å². The van der Waals surface area contributed by atoms with Gasteiger partial charge in [0.1, 0.15) is 5.82 Å². The van der Waals surface area contributed by atoms with Crippen LogP contribution in [0.3, 0.4) is 0 Å². The number of rotatable bonds is 4. The van der Waals surface area contributed by atoms with Crippen molar-refractivity contribution >= 4 is 33.0 Å². The van der Waals surface area contributed by atoms with E-state index >= 15 is 0 Å². The summed E-state index contributed by atoms with van der Waals surface area (Å²) in [4.78, 5) is 9.85. The first-order chi connectivity index (χ1) is 10.2. The van der Waals surface area contributed by atoms with E-state index in [1.165, 1.54) is 25.1 Å². The second-order valence-corrected chi connectivity index (χ2v) is 6.55. The number of nitrogens with zero attached hydrogens (tertiary/aromatic N) is 1. The van der Waals surface area contributed by atoms with E-state index in [4.69, 9.17) is 11.6 Å². The van der Waals surface area contributed by atoms with Gasteiger partial charge in [0.15, 0.2) is 0 Å². The molecule has 1 N–H and O–H groups in total. The zero-order chi connectivity index (χ0) is 16.5. The van der Waals surface area contributed by atoms with Crippen LogP contribution in [0.15, 0.2) is 41.3 Å². The van der Waals surface area contributed by atoms with Gasteiger partial charge in [-0.2, -0.15) is 0 Å². The van der Waals surface area contributed by atoms with Gasteiger partial charge in [-0.25, -0.2) is 12.8 Å². The molecule has 6 nitrogen and oxygen atoms in total. The molecule has 0 saturated carbocycles. The van der Waals surface area contributed by atoms with Crippen molar-refractivity contribution in [3.63, 3.8) is 0 Å². The number of nitro benzene ring substituents is 1. The van der Waals surface area contributed by atoms with Gasteiger partial charge in [-0.15, -0.1) is 0 Å². The van der Waals surface area contributed by atoms with Gasteiger partial charge in [0, 0.05) is 16.7 Å². The predicted octanol–water partition coefficient (Wildman–Crippen LogP) is 3.50. The first kappa shape index (κ1) is 16.2. The Bertz CT molecular complexity index is 855. The second-order valence-electron chi connectivity index (χ2n) is 4.44. The molecular weight excluding hydrogens is 335 g/mol. The molecular formula is C13H10ClFN2O4S. The third-order valence-corrected chi connectivity index (χ3v) is 4.46. The van der Waals surface area contributed by atoms with Crippen molar-refractivity contribution in [2.45, 2.75) is 11.8 Å². The van der Waals surface area contributed by atoms with Crippen LogP contribution in [-0.2, 0) is 10.0 Å². The Kier molecular flexibility index (Phi) is 4.34. The molecule has 0 heterocycles. The number of nitrogens with one attached hydrogen (secondary N) is 1. The maximum atomic E-state index is 13.6. The minimum atomic E-state index is -4.16. The van der Waals surface area contributed by atoms with Crippen molar-refractivity contribution in [1.82, 2.24) is 0 Å². The summed E-state index contributed by atoms with van der Waals surface area (Å²) >= 11 is 5.59. The number of anilines is 1. The maximum Gasteiger partial charge on any atom is 0.273 e. The fourth-order valence-corrected chi connectivity index (χ4v) is 2.97. The Morgan fingerprint density at radius 3 is 2.50 bits per heavy atom. The molecule has 22 heavy (non-hydrogen) atoms. The highest BCUT2D eigenvalue weighted by Gasteiger charge is 2.21. The quantitative estimate of drug-likeness (QED) is 0.679. The van der Waals surface area contributed by atoms with Crippen LogP contribution >= 0.6 is 11.6 Å². The van der Waals surface area contributed by atoms with Gasteiger partial charge < -0.3 is 0 Å². The number of aryl methyl sites for hydroxylation is 1. The molecule has 0 aliphatic heterocycles. The first-order valence-electron chi connectivity index (χ1n) is 5.93. The summed E-state index contributed by atoms with van der Waals surface area (Å²) in [5.74, 6) is -0.849. The Balaban J connectivity index is 2.42. The van der Waals surface area contributed by atoms with E-state index in [9.17, 15) is 22.9 Å². The van der Waals surface area contributed by atoms with E-state index in [2.05, 4.69) is 0 Å². The monoisotopic (exact) mass is 344 g/mol. The standard InChI is InChI=1S/C13H10ClFN2O4S/c1-8-2-4-10(7-13(8)17(18)19)22(20,21)16-12-5-3-9(14)6-11(12)15/h2-7,16H,1H3. The Hall–Kier alpha value is -2.19. The topological polar surface area (TPSA) is 89.3 Å². The molecule has 0 unspecified atom stereocenters. The average molecular weight is 345 g/mol. The lowest BCUT2D eigenvalue weighted by Crippen LogP contribution is -2.14. The minimum absolute atomic E-state index is 0.117. The van der Waals surface area contributed by atoms with Gasteiger partial charge in [0.05, 0.1) is 15.5 Å². The maximum absolute atomic E-state index is 13.6. The van der Waals surface area contributed by atoms with Crippen molar-refractivity contribution in [2.75, 3.05) is 4.72 Å². The highest BCUT2D eigenvalue weighted by Crippen LogP contribution is 2.25. The number of hydrogen-bond acceptors (Lipinski definition) is 4. The summed E-state index contributed by atoms with van der Waals surface area (Å²) in [5, 5.41) is 11.0. The van der Waals surface area contributed by atoms with Gasteiger partial charge in [-0.05, 0) is 31.2 Å². The van der Waals surface area contributed by atoms with Gasteiger partial charge in [0.25, 0.3) is 15.7 Å². The highest BCUT2D eigenvalue weighted by molar-refractivity contribution is 7.92. The number of sulfonamides is 1. The van der Waals surface area contributed by atoms with E-state index in [-0.39, 0.29) is 21.3 Å². The smallest absolute Gasteiger partial charge is 0.273 e. The fourth-order valence-electron chi connectivity index (χ4n) is 1.73. The van der Waals surface area contributed by atoms with E-state index < -0.39 is 20.8 Å². The lowest BCUT2D eigenvalue weighted by Gasteiger charge is -2.09. The molecule has 0 fully saturated rings. The molecule has 2 aromatic carbocycles. The second kappa shape index (κ2) is 5.90. The normalized spacial score (nSPS) is 11.2. The van der Waals surface area contributed by atoms with Crippen LogP contribution < -0.4 is 4.72 Å². The first-order valence-corrected chi connectivity index (χ1v) is 7.80. The number of hydrogen-bond donors (Lipinski definition) is 1. The van der Waals surface area contributed by atoms with E-state index in [1.807, 2.05) is 4.72 Å². The summed E-state index contributed by atoms with van der Waals surface area (Å²) in [5.41, 5.74) is -0.311. The molecule has 0 bridgehead atoms. The molecule has 0 aromatic heterocycles. The van der Waals surface area contributed by atoms with Crippen molar-refractivity contribution in [3.05, 3.63) is 62.9 Å². The zero-order valence-electron chi connectivity index (χ0n) is 11.2. The molecule has 0 amide bonds. The molecule has 9 heteroatoms. The van der Waals surface area contributed by atoms with Crippen molar-refractivity contribution in [2.24, 2.45) is 0 Å². The largest absolute Gasteiger partial charge is 0.277 e. The molecule has 0 aliphatic rings. The third kappa shape index (κ3) is 3.34. The SMILES string of the molecule is Cc1ccc(S(=O)(=O)Nc2ccc(Cl)cc2F)cc1[N+](=O)[O-]. The number of benzene rings is 2. The van der Waals surface area contributed by atoms with Crippen LogP contribution in [0, 0.1) is 22.9 Å². The number of nitro groups is 1. The van der Waals surface area contributed by atoms with Crippen LogP contribution in [0.4, 0.5) is 15.8 Å². The molecule has 0 saturated heterocycles. The molecule has 0 radical (unpaired) electrons. The Labute approximate surface area is 130 Å². The van der Waals surface area contributed by atoms with Gasteiger partial charge in [0.2, 0.25) is 0 Å². The van der Waals surface area contributed by atoms with E-state index in [0.717, 1.165) is 18.2 Å². The average Bonchev–Trinajstić information content (AvgIpc) is 2.42. The van der Waals surface area contributed by atoms with Crippen LogP contribution in [-0.4, -0.2) is 13.3 Å². The summed E-state index contributed by atoms with van der Waals surface area (Å²) in [6.07, 6.45) is 0. The van der Waals surface area contributed by atoms with Crippen LogP contribution in [0.2, 0.25) is 5.02 Å². The highest BCUT2D eigenvalue weighted by atomic mass is 35.5. The van der Waals surface area contributed by atoms with Crippen LogP contribution in [0.1, 0.15) is 5.56 Å². The zero-order valence-corrected chi connectivity index (χ0v) is 12.8. The van der Waals surface area contributed by atoms with Gasteiger partial charge >= 0.3 is 0 Å². The van der Waals surface area contributed by atoms with E-state index in [1.54, 1.807) is 0 Å². The summed E-state index contributed by atoms with van der Waals surface area (Å²) in [7, 11) is -4.16. The Morgan fingerprint density at radius 1 is 1.23 bits per heavy atom. The summed E-state index contributed by atoms with van der Waals surface area (Å²) in [6, 6.07) is 6.88. The molecule has 0 aliphatic carbocycles. The molecule has 116 valence electrons. The molecule has 2 aromatic rings. The third-order valence-electron chi connectivity index (χ3n) is 2.86. The molecule has 0 spiro atoms. The Morgan fingerprint density at radius 2 is 1.91 bits per heavy atom. The van der Waals surface area contributed by atoms with E-state index in [0.29, 0.717) is 5.56 Å². The summed E-state index contributed by atoms with van der Waals surface area (Å²) in [6.45, 7) is 1.49. The minimum Gasteiger partial charge on any atom is -0.277 e. The van der Waals surface area contributed by atoms with Crippen molar-refractivity contribution in [1.29, 1.82) is 0 Å². The van der Waals surface area contributed by atoms with Crippen molar-refractivity contribution in [3.8, 4) is 0 Å². The van der Waals surface area contributed by atoms with Crippen molar-refractivity contribution < 1.29 is 17.7 Å².